The topological polar surface area (TPSA) is 69.6 Å². The Morgan fingerprint density at radius 1 is 1.50 bits per heavy atom. The Balaban J connectivity index is 2.15. The highest BCUT2D eigenvalue weighted by Gasteiger charge is 2.50. The molecule has 18 heavy (non-hydrogen) atoms. The van der Waals surface area contributed by atoms with Gasteiger partial charge in [-0.3, -0.25) is 4.79 Å². The number of hydrogen-bond donors (Lipinski definition) is 2. The Kier molecular flexibility index (Phi) is 3.61. The number of carbonyl (C=O) groups is 2. The number of hydrogen-bond acceptors (Lipinski definition) is 3. The predicted octanol–water partition coefficient (Wildman–Crippen LogP) is 0.698. The first-order valence-corrected chi connectivity index (χ1v) is 6.78. The van der Waals surface area contributed by atoms with Crippen molar-refractivity contribution in [1.82, 2.24) is 10.2 Å². The molecule has 102 valence electrons. The van der Waals surface area contributed by atoms with E-state index in [4.69, 9.17) is 0 Å². The molecule has 5 nitrogen and oxygen atoms in total. The van der Waals surface area contributed by atoms with Gasteiger partial charge in [0.15, 0.2) is 0 Å². The van der Waals surface area contributed by atoms with Crippen LogP contribution in [-0.4, -0.2) is 47.1 Å². The van der Waals surface area contributed by atoms with Crippen LogP contribution in [0.25, 0.3) is 0 Å². The SMILES string of the molecule is CCC1(C(=O)O)CCCN1C(=O)C(C)C1CNC1. The molecule has 2 N–H and O–H groups in total. The summed E-state index contributed by atoms with van der Waals surface area (Å²) < 4.78 is 0. The number of rotatable bonds is 4. The zero-order valence-electron chi connectivity index (χ0n) is 11.1. The van der Waals surface area contributed by atoms with Gasteiger partial charge >= 0.3 is 5.97 Å². The van der Waals surface area contributed by atoms with E-state index in [2.05, 4.69) is 5.32 Å². The minimum Gasteiger partial charge on any atom is -0.479 e. The van der Waals surface area contributed by atoms with E-state index in [1.165, 1.54) is 0 Å². The lowest BCUT2D eigenvalue weighted by Crippen LogP contribution is -2.57. The fourth-order valence-electron chi connectivity index (χ4n) is 3.05. The normalized spacial score (nSPS) is 30.0. The summed E-state index contributed by atoms with van der Waals surface area (Å²) >= 11 is 0. The van der Waals surface area contributed by atoms with Gasteiger partial charge in [-0.2, -0.15) is 0 Å². The molecule has 2 rings (SSSR count). The van der Waals surface area contributed by atoms with E-state index in [1.54, 1.807) is 4.90 Å². The van der Waals surface area contributed by atoms with Gasteiger partial charge in [0.2, 0.25) is 5.91 Å². The molecule has 0 aromatic heterocycles. The van der Waals surface area contributed by atoms with Crippen molar-refractivity contribution in [2.75, 3.05) is 19.6 Å². The summed E-state index contributed by atoms with van der Waals surface area (Å²) in [6.45, 7) is 6.10. The number of carbonyl (C=O) groups excluding carboxylic acids is 1. The number of nitrogens with one attached hydrogen (secondary N) is 1. The van der Waals surface area contributed by atoms with Crippen LogP contribution in [-0.2, 0) is 9.59 Å². The third-order valence-electron chi connectivity index (χ3n) is 4.65. The van der Waals surface area contributed by atoms with Gasteiger partial charge < -0.3 is 15.3 Å². The molecule has 2 heterocycles. The van der Waals surface area contributed by atoms with E-state index in [1.807, 2.05) is 13.8 Å². The van der Waals surface area contributed by atoms with Gasteiger partial charge in [0.25, 0.3) is 0 Å². The number of likely N-dealkylation sites (tertiary alicyclic amines) is 1. The number of nitrogens with zero attached hydrogens (tertiary/aromatic N) is 1. The van der Waals surface area contributed by atoms with Crippen molar-refractivity contribution in [1.29, 1.82) is 0 Å². The summed E-state index contributed by atoms with van der Waals surface area (Å²) in [6, 6.07) is 0. The van der Waals surface area contributed by atoms with Gasteiger partial charge in [-0.15, -0.1) is 0 Å². The van der Waals surface area contributed by atoms with Crippen molar-refractivity contribution in [3.63, 3.8) is 0 Å². The average Bonchev–Trinajstić information content (AvgIpc) is 2.70. The van der Waals surface area contributed by atoms with Crippen LogP contribution in [0.15, 0.2) is 0 Å². The third-order valence-corrected chi connectivity index (χ3v) is 4.65. The number of carboxylic acid groups (broad SMARTS) is 1. The standard InChI is InChI=1S/C13H22N2O3/c1-3-13(12(17)18)5-4-6-15(13)11(16)9(2)10-7-14-8-10/h9-10,14H,3-8H2,1-2H3,(H,17,18). The molecule has 2 saturated heterocycles. The fraction of sp³-hybridized carbons (Fsp3) is 0.846. The Morgan fingerprint density at radius 2 is 2.17 bits per heavy atom. The van der Waals surface area contributed by atoms with Crippen molar-refractivity contribution in [3.8, 4) is 0 Å². The largest absolute Gasteiger partial charge is 0.479 e. The molecule has 0 spiro atoms. The summed E-state index contributed by atoms with van der Waals surface area (Å²) in [5.41, 5.74) is -0.956. The quantitative estimate of drug-likeness (QED) is 0.774. The number of carboxylic acids is 1. The zero-order valence-corrected chi connectivity index (χ0v) is 11.1. The first-order valence-electron chi connectivity index (χ1n) is 6.78. The minimum absolute atomic E-state index is 0.0169. The minimum atomic E-state index is -0.956. The van der Waals surface area contributed by atoms with Gasteiger partial charge in [-0.25, -0.2) is 4.79 Å². The van der Waals surface area contributed by atoms with Crippen molar-refractivity contribution >= 4 is 11.9 Å². The first-order chi connectivity index (χ1) is 8.53. The lowest BCUT2D eigenvalue weighted by molar-refractivity contribution is -0.159. The van der Waals surface area contributed by atoms with Gasteiger partial charge in [0, 0.05) is 12.5 Å². The molecule has 0 saturated carbocycles. The van der Waals surface area contributed by atoms with Crippen LogP contribution in [0, 0.1) is 11.8 Å². The van der Waals surface area contributed by atoms with Crippen LogP contribution >= 0.6 is 0 Å². The molecular formula is C13H22N2O3. The summed E-state index contributed by atoms with van der Waals surface area (Å²) in [5.74, 6) is -0.547. The van der Waals surface area contributed by atoms with Crippen LogP contribution in [0.5, 0.6) is 0 Å². The lowest BCUT2D eigenvalue weighted by Gasteiger charge is -2.39. The maximum absolute atomic E-state index is 12.5. The second-order valence-corrected chi connectivity index (χ2v) is 5.49. The molecule has 0 radical (unpaired) electrons. The van der Waals surface area contributed by atoms with E-state index < -0.39 is 11.5 Å². The zero-order chi connectivity index (χ0) is 13.3. The van der Waals surface area contributed by atoms with E-state index >= 15 is 0 Å². The summed E-state index contributed by atoms with van der Waals surface area (Å²) in [5, 5.41) is 12.6. The highest BCUT2D eigenvalue weighted by molar-refractivity contribution is 5.88. The fourth-order valence-corrected chi connectivity index (χ4v) is 3.05. The lowest BCUT2D eigenvalue weighted by atomic mass is 9.86. The average molecular weight is 254 g/mol. The molecule has 2 atom stereocenters. The number of amides is 1. The molecule has 2 fully saturated rings. The van der Waals surface area contributed by atoms with Crippen molar-refractivity contribution in [3.05, 3.63) is 0 Å². The van der Waals surface area contributed by atoms with E-state index in [9.17, 15) is 14.7 Å². The van der Waals surface area contributed by atoms with E-state index in [-0.39, 0.29) is 11.8 Å². The molecule has 2 aliphatic rings. The Morgan fingerprint density at radius 3 is 2.61 bits per heavy atom. The van der Waals surface area contributed by atoms with Gasteiger partial charge in [0.1, 0.15) is 5.54 Å². The third kappa shape index (κ3) is 1.90. The molecule has 2 unspecified atom stereocenters. The van der Waals surface area contributed by atoms with Crippen molar-refractivity contribution in [2.45, 2.75) is 38.6 Å². The predicted molar refractivity (Wildman–Crippen MR) is 67.1 cm³/mol. The molecule has 0 aliphatic carbocycles. The molecule has 0 aromatic carbocycles. The van der Waals surface area contributed by atoms with Crippen LogP contribution in [0.4, 0.5) is 0 Å². The number of aliphatic carboxylic acids is 1. The molecule has 2 aliphatic heterocycles. The summed E-state index contributed by atoms with van der Waals surface area (Å²) in [6.07, 6.45) is 1.87. The summed E-state index contributed by atoms with van der Waals surface area (Å²) in [4.78, 5) is 25.7. The molecular weight excluding hydrogens is 232 g/mol. The molecule has 1 amide bonds. The smallest absolute Gasteiger partial charge is 0.329 e. The molecule has 0 bridgehead atoms. The van der Waals surface area contributed by atoms with Crippen molar-refractivity contribution < 1.29 is 14.7 Å². The van der Waals surface area contributed by atoms with Crippen LogP contribution < -0.4 is 5.32 Å². The Bertz CT molecular complexity index is 354. The maximum Gasteiger partial charge on any atom is 0.329 e. The van der Waals surface area contributed by atoms with Crippen molar-refractivity contribution in [2.24, 2.45) is 11.8 Å². The van der Waals surface area contributed by atoms with E-state index in [0.29, 0.717) is 25.3 Å². The molecule has 5 heteroatoms. The molecule has 0 aromatic rings. The van der Waals surface area contributed by atoms with E-state index in [0.717, 1.165) is 19.5 Å². The maximum atomic E-state index is 12.5. The first kappa shape index (κ1) is 13.3. The Hall–Kier alpha value is -1.10. The van der Waals surface area contributed by atoms with Gasteiger partial charge in [0.05, 0.1) is 0 Å². The summed E-state index contributed by atoms with van der Waals surface area (Å²) in [7, 11) is 0. The second-order valence-electron chi connectivity index (χ2n) is 5.49. The van der Waals surface area contributed by atoms with Crippen LogP contribution in [0.1, 0.15) is 33.1 Å². The monoisotopic (exact) mass is 254 g/mol. The highest BCUT2D eigenvalue weighted by Crippen LogP contribution is 2.35. The van der Waals surface area contributed by atoms with Crippen LogP contribution in [0.2, 0.25) is 0 Å². The van der Waals surface area contributed by atoms with Gasteiger partial charge in [-0.1, -0.05) is 13.8 Å². The second kappa shape index (κ2) is 4.88. The highest BCUT2D eigenvalue weighted by atomic mass is 16.4. The van der Waals surface area contributed by atoms with Gasteiger partial charge in [-0.05, 0) is 38.3 Å². The Labute approximate surface area is 108 Å². The van der Waals surface area contributed by atoms with Crippen LogP contribution in [0.3, 0.4) is 0 Å².